The Hall–Kier alpha value is -3.06. The molecule has 2 fully saturated rings. The van der Waals surface area contributed by atoms with Crippen LogP contribution >= 0.6 is 11.3 Å². The maximum absolute atomic E-state index is 13.1. The van der Waals surface area contributed by atoms with E-state index in [1.165, 1.54) is 16.2 Å². The average Bonchev–Trinajstić information content (AvgIpc) is 3.54. The van der Waals surface area contributed by atoms with E-state index < -0.39 is 0 Å². The van der Waals surface area contributed by atoms with Gasteiger partial charge in [0, 0.05) is 17.5 Å². The molecule has 6 nitrogen and oxygen atoms in total. The molecule has 1 aromatic carbocycles. The van der Waals surface area contributed by atoms with E-state index in [1.807, 2.05) is 47.9 Å². The molecule has 1 aliphatic heterocycles. The lowest BCUT2D eigenvalue weighted by molar-refractivity contribution is -0.143. The molecular formula is C23H21N3O3S. The molecular weight excluding hydrogens is 398 g/mol. The molecule has 1 aromatic heterocycles. The van der Waals surface area contributed by atoms with E-state index in [0.29, 0.717) is 5.13 Å². The Labute approximate surface area is 178 Å². The van der Waals surface area contributed by atoms with Crippen LogP contribution in [0.25, 0.3) is 11.3 Å². The smallest absolute Gasteiger partial charge is 0.249 e. The predicted octanol–water partition coefficient (Wildman–Crippen LogP) is 3.14. The van der Waals surface area contributed by atoms with Crippen molar-refractivity contribution in [2.24, 2.45) is 23.7 Å². The molecule has 4 atom stereocenters. The summed E-state index contributed by atoms with van der Waals surface area (Å²) in [6.45, 7) is 3.75. The molecule has 2 heterocycles. The van der Waals surface area contributed by atoms with Crippen molar-refractivity contribution >= 4 is 34.2 Å². The minimum Gasteiger partial charge on any atom is -0.283 e. The third-order valence-electron chi connectivity index (χ3n) is 6.26. The quantitative estimate of drug-likeness (QED) is 0.533. The summed E-state index contributed by atoms with van der Waals surface area (Å²) in [7, 11) is 0. The molecule has 30 heavy (non-hydrogen) atoms. The monoisotopic (exact) mass is 419 g/mol. The number of anilines is 1. The number of amides is 3. The van der Waals surface area contributed by atoms with Gasteiger partial charge in [0.15, 0.2) is 5.13 Å². The maximum Gasteiger partial charge on any atom is 0.249 e. The number of carbonyl (C=O) groups excluding carboxylic acids is 3. The van der Waals surface area contributed by atoms with Gasteiger partial charge in [0.2, 0.25) is 17.7 Å². The highest BCUT2D eigenvalue weighted by atomic mass is 32.1. The third-order valence-corrected chi connectivity index (χ3v) is 7.12. The van der Waals surface area contributed by atoms with Crippen molar-refractivity contribution in [1.29, 1.82) is 0 Å². The van der Waals surface area contributed by atoms with Crippen LogP contribution < -0.4 is 4.90 Å². The van der Waals surface area contributed by atoms with Gasteiger partial charge < -0.3 is 0 Å². The van der Waals surface area contributed by atoms with Gasteiger partial charge in [0.25, 0.3) is 0 Å². The first-order valence-electron chi connectivity index (χ1n) is 10.0. The lowest BCUT2D eigenvalue weighted by Crippen LogP contribution is -2.44. The van der Waals surface area contributed by atoms with Gasteiger partial charge in [0.1, 0.15) is 6.54 Å². The largest absolute Gasteiger partial charge is 0.283 e. The summed E-state index contributed by atoms with van der Waals surface area (Å²) in [5.74, 6) is -1.07. The second-order valence-corrected chi connectivity index (χ2v) is 8.77. The number of fused-ring (bicyclic) bond motifs is 5. The molecule has 0 spiro atoms. The van der Waals surface area contributed by atoms with Gasteiger partial charge in [-0.3, -0.25) is 24.2 Å². The lowest BCUT2D eigenvalue weighted by atomic mass is 9.85. The van der Waals surface area contributed by atoms with Crippen molar-refractivity contribution in [3.63, 3.8) is 0 Å². The molecule has 0 radical (unpaired) electrons. The van der Waals surface area contributed by atoms with Gasteiger partial charge in [0.05, 0.1) is 17.5 Å². The zero-order valence-electron chi connectivity index (χ0n) is 16.3. The average molecular weight is 420 g/mol. The molecule has 4 unspecified atom stereocenters. The van der Waals surface area contributed by atoms with Crippen LogP contribution in [0.1, 0.15) is 6.42 Å². The van der Waals surface area contributed by atoms with Crippen LogP contribution in [0.5, 0.6) is 0 Å². The molecule has 0 N–H and O–H groups in total. The number of thiazole rings is 1. The Morgan fingerprint density at radius 1 is 1.17 bits per heavy atom. The Kier molecular flexibility index (Phi) is 4.62. The molecule has 1 saturated heterocycles. The molecule has 2 aromatic rings. The fourth-order valence-corrected chi connectivity index (χ4v) is 5.75. The summed E-state index contributed by atoms with van der Waals surface area (Å²) in [4.78, 5) is 46.2. The Morgan fingerprint density at radius 3 is 2.47 bits per heavy atom. The van der Waals surface area contributed by atoms with Crippen molar-refractivity contribution in [2.75, 3.05) is 18.0 Å². The van der Waals surface area contributed by atoms with Crippen molar-refractivity contribution in [3.05, 3.63) is 60.5 Å². The Morgan fingerprint density at radius 2 is 1.83 bits per heavy atom. The van der Waals surface area contributed by atoms with Crippen molar-refractivity contribution in [3.8, 4) is 11.3 Å². The van der Waals surface area contributed by atoms with E-state index in [2.05, 4.69) is 11.6 Å². The highest BCUT2D eigenvalue weighted by Gasteiger charge is 2.59. The van der Waals surface area contributed by atoms with Crippen LogP contribution in [-0.2, 0) is 14.4 Å². The van der Waals surface area contributed by atoms with E-state index in [1.54, 1.807) is 6.08 Å². The third kappa shape index (κ3) is 2.92. The highest BCUT2D eigenvalue weighted by Crippen LogP contribution is 2.52. The van der Waals surface area contributed by atoms with Gasteiger partial charge >= 0.3 is 0 Å². The first-order chi connectivity index (χ1) is 14.6. The first-order valence-corrected chi connectivity index (χ1v) is 10.9. The van der Waals surface area contributed by atoms with Crippen molar-refractivity contribution in [2.45, 2.75) is 6.42 Å². The summed E-state index contributed by atoms with van der Waals surface area (Å²) in [5.41, 5.74) is 1.75. The van der Waals surface area contributed by atoms with Gasteiger partial charge in [-0.25, -0.2) is 4.98 Å². The maximum atomic E-state index is 13.1. The highest BCUT2D eigenvalue weighted by molar-refractivity contribution is 7.14. The fraction of sp³-hybridized carbons (Fsp3) is 0.304. The summed E-state index contributed by atoms with van der Waals surface area (Å²) in [6, 6.07) is 9.72. The topological polar surface area (TPSA) is 70.6 Å². The number of hydrogen-bond donors (Lipinski definition) is 0. The fourth-order valence-electron chi connectivity index (χ4n) is 4.89. The molecule has 1 saturated carbocycles. The van der Waals surface area contributed by atoms with Gasteiger partial charge in [-0.2, -0.15) is 0 Å². The van der Waals surface area contributed by atoms with E-state index >= 15 is 0 Å². The summed E-state index contributed by atoms with van der Waals surface area (Å²) < 4.78 is 0. The number of likely N-dealkylation sites (tertiary alicyclic amines) is 1. The Balaban J connectivity index is 1.35. The SMILES string of the molecule is C=CCN(C(=O)CN1C(=O)C2C3C=CC(C3)C2C1=O)c1nc(-c2ccccc2)cs1. The zero-order valence-corrected chi connectivity index (χ0v) is 17.1. The first kappa shape index (κ1) is 18.9. The zero-order chi connectivity index (χ0) is 20.8. The van der Waals surface area contributed by atoms with Crippen molar-refractivity contribution in [1.82, 2.24) is 9.88 Å². The van der Waals surface area contributed by atoms with E-state index in [9.17, 15) is 14.4 Å². The Bertz CT molecular complexity index is 1030. The number of hydrogen-bond acceptors (Lipinski definition) is 5. The number of benzene rings is 1. The number of allylic oxidation sites excluding steroid dienone is 2. The normalized spacial score (nSPS) is 26.3. The minimum absolute atomic E-state index is 0.133. The molecule has 2 aliphatic carbocycles. The van der Waals surface area contributed by atoms with Gasteiger partial charge in [-0.15, -0.1) is 17.9 Å². The molecule has 5 rings (SSSR count). The predicted molar refractivity (Wildman–Crippen MR) is 115 cm³/mol. The van der Waals surface area contributed by atoms with Crippen LogP contribution in [0.3, 0.4) is 0 Å². The van der Waals surface area contributed by atoms with Gasteiger partial charge in [-0.1, -0.05) is 48.6 Å². The number of nitrogens with zero attached hydrogens (tertiary/aromatic N) is 3. The van der Waals surface area contributed by atoms with Crippen LogP contribution in [0.4, 0.5) is 5.13 Å². The number of aromatic nitrogens is 1. The molecule has 152 valence electrons. The number of imide groups is 1. The molecule has 3 amide bonds. The van der Waals surface area contributed by atoms with Crippen LogP contribution in [0.2, 0.25) is 0 Å². The molecule has 3 aliphatic rings. The van der Waals surface area contributed by atoms with Crippen molar-refractivity contribution < 1.29 is 14.4 Å². The van der Waals surface area contributed by atoms with E-state index in [0.717, 1.165) is 22.6 Å². The molecule has 2 bridgehead atoms. The number of rotatable bonds is 6. The van der Waals surface area contributed by atoms with E-state index in [-0.39, 0.29) is 54.5 Å². The standard InChI is InChI=1S/C23H21N3O3S/c1-2-10-25(23-24-17(13-30-23)14-6-4-3-5-7-14)18(27)12-26-21(28)19-15-8-9-16(11-15)20(19)22(26)29/h2-9,13,15-16,19-20H,1,10-12H2. The molecule has 7 heteroatoms. The lowest BCUT2D eigenvalue weighted by Gasteiger charge is -2.22. The minimum atomic E-state index is -0.328. The second-order valence-electron chi connectivity index (χ2n) is 7.94. The van der Waals surface area contributed by atoms with Gasteiger partial charge in [-0.05, 0) is 18.3 Å². The van der Waals surface area contributed by atoms with Crippen LogP contribution in [-0.4, -0.2) is 40.7 Å². The summed E-state index contributed by atoms with van der Waals surface area (Å²) in [5, 5.41) is 2.42. The number of carbonyl (C=O) groups is 3. The van der Waals surface area contributed by atoms with Crippen LogP contribution in [0, 0.1) is 23.7 Å². The summed E-state index contributed by atoms with van der Waals surface area (Å²) >= 11 is 1.36. The second kappa shape index (κ2) is 7.32. The van der Waals surface area contributed by atoms with Crippen LogP contribution in [0.15, 0.2) is 60.5 Å². The summed E-state index contributed by atoms with van der Waals surface area (Å²) in [6.07, 6.45) is 6.59. The van der Waals surface area contributed by atoms with E-state index in [4.69, 9.17) is 0 Å².